The maximum absolute atomic E-state index is 12.4. The van der Waals surface area contributed by atoms with Crippen LogP contribution in [0.1, 0.15) is 29.8 Å². The van der Waals surface area contributed by atoms with Gasteiger partial charge in [0.15, 0.2) is 0 Å². The predicted molar refractivity (Wildman–Crippen MR) is 86.4 cm³/mol. The van der Waals surface area contributed by atoms with Crippen LogP contribution in [0.3, 0.4) is 0 Å². The number of ether oxygens (including phenoxy) is 1. The zero-order valence-corrected chi connectivity index (χ0v) is 12.8. The first-order chi connectivity index (χ1) is 11.3. The Kier molecular flexibility index (Phi) is 4.88. The van der Waals surface area contributed by atoms with Crippen molar-refractivity contribution in [3.63, 3.8) is 0 Å². The molecule has 1 atom stereocenters. The maximum atomic E-state index is 12.4. The SMILES string of the molecule is O=C(NC(CCO)C1CC1)c1cc(Oc2ccccc2)ccn1. The van der Waals surface area contributed by atoms with Gasteiger partial charge in [-0.15, -0.1) is 0 Å². The summed E-state index contributed by atoms with van der Waals surface area (Å²) >= 11 is 0. The molecule has 1 aromatic carbocycles. The van der Waals surface area contributed by atoms with Gasteiger partial charge in [-0.05, 0) is 43.4 Å². The fourth-order valence-electron chi connectivity index (χ4n) is 2.53. The third-order valence-corrected chi connectivity index (χ3v) is 3.89. The van der Waals surface area contributed by atoms with E-state index in [1.165, 1.54) is 0 Å². The number of pyridine rings is 1. The van der Waals surface area contributed by atoms with Gasteiger partial charge in [0.05, 0.1) is 0 Å². The summed E-state index contributed by atoms with van der Waals surface area (Å²) in [6.07, 6.45) is 4.35. The standard InChI is InChI=1S/C18H20N2O3/c21-11-9-16(13-6-7-13)20-18(22)17-12-15(8-10-19-17)23-14-4-2-1-3-5-14/h1-5,8,10,12-13,16,21H,6-7,9,11H2,(H,20,22). The molecule has 1 unspecified atom stereocenters. The van der Waals surface area contributed by atoms with Crippen molar-refractivity contribution in [3.05, 3.63) is 54.4 Å². The second kappa shape index (κ2) is 7.24. The fourth-order valence-corrected chi connectivity index (χ4v) is 2.53. The second-order valence-corrected chi connectivity index (χ2v) is 5.72. The summed E-state index contributed by atoms with van der Waals surface area (Å²) in [5, 5.41) is 12.1. The largest absolute Gasteiger partial charge is 0.457 e. The third-order valence-electron chi connectivity index (χ3n) is 3.89. The van der Waals surface area contributed by atoms with E-state index < -0.39 is 0 Å². The van der Waals surface area contributed by atoms with E-state index in [0.29, 0.717) is 29.5 Å². The monoisotopic (exact) mass is 312 g/mol. The molecule has 0 spiro atoms. The first-order valence-electron chi connectivity index (χ1n) is 7.87. The normalized spacial score (nSPS) is 15.0. The number of rotatable bonds is 7. The van der Waals surface area contributed by atoms with Crippen LogP contribution in [0.15, 0.2) is 48.7 Å². The number of aliphatic hydroxyl groups is 1. The zero-order chi connectivity index (χ0) is 16.1. The lowest BCUT2D eigenvalue weighted by atomic mass is 10.1. The van der Waals surface area contributed by atoms with Gasteiger partial charge in [0.2, 0.25) is 0 Å². The molecule has 1 heterocycles. The molecule has 0 saturated heterocycles. The van der Waals surface area contributed by atoms with Crippen LogP contribution in [0.4, 0.5) is 0 Å². The molecule has 2 N–H and O–H groups in total. The van der Waals surface area contributed by atoms with Crippen molar-refractivity contribution in [1.82, 2.24) is 10.3 Å². The average molecular weight is 312 g/mol. The molecule has 1 aromatic heterocycles. The fraction of sp³-hybridized carbons (Fsp3) is 0.333. The lowest BCUT2D eigenvalue weighted by Crippen LogP contribution is -2.37. The average Bonchev–Trinajstić information content (AvgIpc) is 3.40. The van der Waals surface area contributed by atoms with Crippen LogP contribution in [-0.4, -0.2) is 28.6 Å². The Morgan fingerprint density at radius 1 is 1.26 bits per heavy atom. The molecular weight excluding hydrogens is 292 g/mol. The minimum absolute atomic E-state index is 0.0213. The molecule has 3 rings (SSSR count). The van der Waals surface area contributed by atoms with E-state index in [0.717, 1.165) is 12.8 Å². The Morgan fingerprint density at radius 2 is 2.04 bits per heavy atom. The maximum Gasteiger partial charge on any atom is 0.270 e. The molecule has 0 bridgehead atoms. The molecule has 5 nitrogen and oxygen atoms in total. The Bertz CT molecular complexity index is 656. The number of nitrogens with zero attached hydrogens (tertiary/aromatic N) is 1. The highest BCUT2D eigenvalue weighted by atomic mass is 16.5. The summed E-state index contributed by atoms with van der Waals surface area (Å²) in [7, 11) is 0. The van der Waals surface area contributed by atoms with Gasteiger partial charge in [-0.25, -0.2) is 0 Å². The topological polar surface area (TPSA) is 71.5 Å². The Hall–Kier alpha value is -2.40. The number of carbonyl (C=O) groups is 1. The van der Waals surface area contributed by atoms with Crippen molar-refractivity contribution in [2.45, 2.75) is 25.3 Å². The summed E-state index contributed by atoms with van der Waals surface area (Å²) in [4.78, 5) is 16.5. The van der Waals surface area contributed by atoms with E-state index in [9.17, 15) is 4.79 Å². The molecule has 2 aromatic rings. The summed E-state index contributed by atoms with van der Waals surface area (Å²) < 4.78 is 5.72. The summed E-state index contributed by atoms with van der Waals surface area (Å²) in [5.74, 6) is 1.53. The minimum atomic E-state index is -0.228. The molecule has 5 heteroatoms. The van der Waals surface area contributed by atoms with Crippen molar-refractivity contribution in [3.8, 4) is 11.5 Å². The predicted octanol–water partition coefficient (Wildman–Crippen LogP) is 2.76. The highest BCUT2D eigenvalue weighted by molar-refractivity contribution is 5.92. The van der Waals surface area contributed by atoms with E-state index in [2.05, 4.69) is 10.3 Å². The molecule has 120 valence electrons. The number of amides is 1. The van der Waals surface area contributed by atoms with Crippen LogP contribution < -0.4 is 10.1 Å². The van der Waals surface area contributed by atoms with Gasteiger partial charge >= 0.3 is 0 Å². The van der Waals surface area contributed by atoms with Crippen molar-refractivity contribution < 1.29 is 14.6 Å². The Morgan fingerprint density at radius 3 is 2.74 bits per heavy atom. The van der Waals surface area contributed by atoms with Gasteiger partial charge in [0, 0.05) is 24.9 Å². The number of aliphatic hydroxyl groups excluding tert-OH is 1. The zero-order valence-electron chi connectivity index (χ0n) is 12.8. The second-order valence-electron chi connectivity index (χ2n) is 5.72. The van der Waals surface area contributed by atoms with Gasteiger partial charge in [-0.3, -0.25) is 9.78 Å². The van der Waals surface area contributed by atoms with Crippen LogP contribution in [0.5, 0.6) is 11.5 Å². The minimum Gasteiger partial charge on any atom is -0.457 e. The van der Waals surface area contributed by atoms with E-state index in [-0.39, 0.29) is 18.6 Å². The third kappa shape index (κ3) is 4.29. The van der Waals surface area contributed by atoms with Gasteiger partial charge < -0.3 is 15.2 Å². The van der Waals surface area contributed by atoms with Crippen molar-refractivity contribution in [2.24, 2.45) is 5.92 Å². The van der Waals surface area contributed by atoms with Crippen LogP contribution in [-0.2, 0) is 0 Å². The van der Waals surface area contributed by atoms with Crippen molar-refractivity contribution >= 4 is 5.91 Å². The molecule has 1 amide bonds. The lowest BCUT2D eigenvalue weighted by molar-refractivity contribution is 0.0919. The van der Waals surface area contributed by atoms with Gasteiger partial charge in [0.25, 0.3) is 5.91 Å². The van der Waals surface area contributed by atoms with Crippen LogP contribution in [0.2, 0.25) is 0 Å². The van der Waals surface area contributed by atoms with Gasteiger partial charge in [-0.1, -0.05) is 18.2 Å². The number of para-hydroxylation sites is 1. The smallest absolute Gasteiger partial charge is 0.270 e. The molecule has 1 aliphatic rings. The molecular formula is C18H20N2O3. The first kappa shape index (κ1) is 15.5. The summed E-state index contributed by atoms with van der Waals surface area (Å²) in [5.41, 5.74) is 0.321. The Labute approximate surface area is 135 Å². The first-order valence-corrected chi connectivity index (χ1v) is 7.87. The summed E-state index contributed by atoms with van der Waals surface area (Å²) in [6.45, 7) is 0.0754. The quantitative estimate of drug-likeness (QED) is 0.824. The molecule has 23 heavy (non-hydrogen) atoms. The number of hydrogen-bond acceptors (Lipinski definition) is 4. The van der Waals surface area contributed by atoms with Crippen LogP contribution in [0, 0.1) is 5.92 Å². The summed E-state index contributed by atoms with van der Waals surface area (Å²) in [6, 6.07) is 12.8. The van der Waals surface area contributed by atoms with E-state index in [4.69, 9.17) is 9.84 Å². The molecule has 1 saturated carbocycles. The van der Waals surface area contributed by atoms with Gasteiger partial charge in [0.1, 0.15) is 17.2 Å². The number of nitrogens with one attached hydrogen (secondary N) is 1. The van der Waals surface area contributed by atoms with Crippen LogP contribution >= 0.6 is 0 Å². The highest BCUT2D eigenvalue weighted by Gasteiger charge is 2.32. The van der Waals surface area contributed by atoms with Crippen molar-refractivity contribution in [2.75, 3.05) is 6.61 Å². The lowest BCUT2D eigenvalue weighted by Gasteiger charge is -2.17. The number of benzene rings is 1. The molecule has 1 fully saturated rings. The van der Waals surface area contributed by atoms with Gasteiger partial charge in [-0.2, -0.15) is 0 Å². The van der Waals surface area contributed by atoms with Crippen LogP contribution in [0.25, 0.3) is 0 Å². The molecule has 0 aliphatic heterocycles. The number of aromatic nitrogens is 1. The number of hydrogen-bond donors (Lipinski definition) is 2. The number of carbonyl (C=O) groups excluding carboxylic acids is 1. The molecule has 0 radical (unpaired) electrons. The Balaban J connectivity index is 1.67. The van der Waals surface area contributed by atoms with E-state index in [1.54, 1.807) is 18.3 Å². The molecule has 1 aliphatic carbocycles. The van der Waals surface area contributed by atoms with Crippen molar-refractivity contribution in [1.29, 1.82) is 0 Å². The van der Waals surface area contributed by atoms with E-state index in [1.807, 2.05) is 30.3 Å². The highest BCUT2D eigenvalue weighted by Crippen LogP contribution is 2.34. The van der Waals surface area contributed by atoms with E-state index >= 15 is 0 Å².